The Labute approximate surface area is 138 Å². The molecule has 2 rings (SSSR count). The Morgan fingerprint density at radius 1 is 1.09 bits per heavy atom. The number of carbonyl (C=O) groups excluding carboxylic acids is 2. The van der Waals surface area contributed by atoms with Gasteiger partial charge in [-0.15, -0.1) is 0 Å². The second-order valence-corrected chi connectivity index (χ2v) is 5.65. The van der Waals surface area contributed by atoms with Crippen molar-refractivity contribution in [3.05, 3.63) is 47.3 Å². The SMILES string of the molecule is COC(=O)c1ccc(OC(=O)CSc2nc(C)cc(C)n2)cc1. The Bertz CT molecular complexity index is 696. The Balaban J connectivity index is 1.90. The molecule has 1 aromatic heterocycles. The predicted molar refractivity (Wildman–Crippen MR) is 85.6 cm³/mol. The van der Waals surface area contributed by atoms with Crippen LogP contribution in [0.5, 0.6) is 5.75 Å². The number of hydrogen-bond acceptors (Lipinski definition) is 7. The summed E-state index contributed by atoms with van der Waals surface area (Å²) in [7, 11) is 1.31. The summed E-state index contributed by atoms with van der Waals surface area (Å²) in [6.45, 7) is 3.75. The molecule has 0 aliphatic rings. The summed E-state index contributed by atoms with van der Waals surface area (Å²) in [5, 5.41) is 0.542. The molecule has 0 aliphatic heterocycles. The zero-order valence-electron chi connectivity index (χ0n) is 13.0. The Kier molecular flexibility index (Phi) is 5.70. The van der Waals surface area contributed by atoms with Crippen molar-refractivity contribution in [3.63, 3.8) is 0 Å². The first-order chi connectivity index (χ1) is 11.0. The lowest BCUT2D eigenvalue weighted by molar-refractivity contribution is -0.131. The lowest BCUT2D eigenvalue weighted by atomic mass is 10.2. The van der Waals surface area contributed by atoms with Crippen molar-refractivity contribution in [2.75, 3.05) is 12.9 Å². The quantitative estimate of drug-likeness (QED) is 0.360. The van der Waals surface area contributed by atoms with E-state index in [9.17, 15) is 9.59 Å². The van der Waals surface area contributed by atoms with Crippen molar-refractivity contribution in [2.24, 2.45) is 0 Å². The second-order valence-electron chi connectivity index (χ2n) is 4.71. The zero-order valence-corrected chi connectivity index (χ0v) is 13.8. The van der Waals surface area contributed by atoms with Crippen LogP contribution in [-0.2, 0) is 9.53 Å². The van der Waals surface area contributed by atoms with E-state index in [1.54, 1.807) is 12.1 Å². The van der Waals surface area contributed by atoms with Gasteiger partial charge in [-0.25, -0.2) is 14.8 Å². The lowest BCUT2D eigenvalue weighted by Gasteiger charge is -2.05. The molecule has 0 fully saturated rings. The summed E-state index contributed by atoms with van der Waals surface area (Å²) >= 11 is 1.22. The van der Waals surface area contributed by atoms with E-state index in [1.807, 2.05) is 19.9 Å². The summed E-state index contributed by atoms with van der Waals surface area (Å²) in [6.07, 6.45) is 0. The average molecular weight is 332 g/mol. The first kappa shape index (κ1) is 17.0. The van der Waals surface area contributed by atoms with Gasteiger partial charge in [-0.2, -0.15) is 0 Å². The van der Waals surface area contributed by atoms with Crippen LogP contribution in [0, 0.1) is 13.8 Å². The van der Waals surface area contributed by atoms with E-state index in [0.29, 0.717) is 16.5 Å². The number of aryl methyl sites for hydroxylation is 2. The molecule has 1 heterocycles. The molecule has 0 amide bonds. The molecule has 0 saturated carbocycles. The van der Waals surface area contributed by atoms with Crippen molar-refractivity contribution in [2.45, 2.75) is 19.0 Å². The molecule has 6 nitrogen and oxygen atoms in total. The monoisotopic (exact) mass is 332 g/mol. The maximum atomic E-state index is 11.8. The maximum Gasteiger partial charge on any atom is 0.337 e. The van der Waals surface area contributed by atoms with Crippen LogP contribution in [0.4, 0.5) is 0 Å². The predicted octanol–water partition coefficient (Wildman–Crippen LogP) is 2.58. The van der Waals surface area contributed by atoms with E-state index in [2.05, 4.69) is 14.7 Å². The highest BCUT2D eigenvalue weighted by molar-refractivity contribution is 7.99. The molecule has 0 aliphatic carbocycles. The fraction of sp³-hybridized carbons (Fsp3) is 0.250. The summed E-state index contributed by atoms with van der Waals surface area (Å²) in [5.41, 5.74) is 2.10. The minimum atomic E-state index is -0.439. The molecule has 23 heavy (non-hydrogen) atoms. The fourth-order valence-corrected chi connectivity index (χ4v) is 2.54. The van der Waals surface area contributed by atoms with Crippen LogP contribution in [0.2, 0.25) is 0 Å². The third-order valence-electron chi connectivity index (χ3n) is 2.79. The number of aromatic nitrogens is 2. The van der Waals surface area contributed by atoms with Gasteiger partial charge in [0.1, 0.15) is 5.75 Å². The van der Waals surface area contributed by atoms with Gasteiger partial charge in [0.25, 0.3) is 0 Å². The van der Waals surface area contributed by atoms with Crippen LogP contribution in [0.25, 0.3) is 0 Å². The number of hydrogen-bond donors (Lipinski definition) is 0. The van der Waals surface area contributed by atoms with Crippen LogP contribution in [0.1, 0.15) is 21.7 Å². The molecular weight excluding hydrogens is 316 g/mol. The molecule has 0 atom stereocenters. The summed E-state index contributed by atoms with van der Waals surface area (Å²) in [5.74, 6) is -0.389. The molecule has 2 aromatic rings. The van der Waals surface area contributed by atoms with Gasteiger partial charge in [0.2, 0.25) is 0 Å². The molecule has 1 aromatic carbocycles. The first-order valence-electron chi connectivity index (χ1n) is 6.82. The summed E-state index contributed by atoms with van der Waals surface area (Å²) in [4.78, 5) is 31.6. The second kappa shape index (κ2) is 7.73. The number of carbonyl (C=O) groups is 2. The van der Waals surface area contributed by atoms with Crippen molar-refractivity contribution in [1.29, 1.82) is 0 Å². The Morgan fingerprint density at radius 2 is 1.70 bits per heavy atom. The van der Waals surface area contributed by atoms with Crippen molar-refractivity contribution in [1.82, 2.24) is 9.97 Å². The number of methoxy groups -OCH3 is 1. The van der Waals surface area contributed by atoms with Gasteiger partial charge >= 0.3 is 11.9 Å². The number of thioether (sulfide) groups is 1. The van der Waals surface area contributed by atoms with Crippen LogP contribution in [-0.4, -0.2) is 34.8 Å². The smallest absolute Gasteiger partial charge is 0.337 e. The standard InChI is InChI=1S/C16H16N2O4S/c1-10-8-11(2)18-16(17-10)23-9-14(19)22-13-6-4-12(5-7-13)15(20)21-3/h4-8H,9H2,1-3H3. The van der Waals surface area contributed by atoms with Crippen molar-refractivity contribution in [3.8, 4) is 5.75 Å². The van der Waals surface area contributed by atoms with Gasteiger partial charge in [0.05, 0.1) is 18.4 Å². The number of benzene rings is 1. The highest BCUT2D eigenvalue weighted by atomic mass is 32.2. The average Bonchev–Trinajstić information content (AvgIpc) is 2.52. The maximum absolute atomic E-state index is 11.8. The lowest BCUT2D eigenvalue weighted by Crippen LogP contribution is -2.11. The zero-order chi connectivity index (χ0) is 16.8. The molecule has 120 valence electrons. The van der Waals surface area contributed by atoms with E-state index in [1.165, 1.54) is 31.0 Å². The van der Waals surface area contributed by atoms with E-state index in [4.69, 9.17) is 4.74 Å². The number of rotatable bonds is 5. The van der Waals surface area contributed by atoms with Crippen LogP contribution in [0.15, 0.2) is 35.5 Å². The minimum Gasteiger partial charge on any atom is -0.465 e. The van der Waals surface area contributed by atoms with Crippen LogP contribution in [0.3, 0.4) is 0 Å². The third-order valence-corrected chi connectivity index (χ3v) is 3.61. The van der Waals surface area contributed by atoms with Crippen LogP contribution < -0.4 is 4.74 Å². The molecule has 0 saturated heterocycles. The summed E-state index contributed by atoms with van der Waals surface area (Å²) in [6, 6.07) is 8.03. The molecule has 0 unspecified atom stereocenters. The highest BCUT2D eigenvalue weighted by Crippen LogP contribution is 2.17. The molecule has 0 bridgehead atoms. The topological polar surface area (TPSA) is 78.4 Å². The molecule has 0 spiro atoms. The van der Waals surface area contributed by atoms with Gasteiger partial charge in [-0.3, -0.25) is 4.79 Å². The molecule has 0 N–H and O–H groups in total. The Hall–Kier alpha value is -2.41. The molecular formula is C16H16N2O4S. The fourth-order valence-electron chi connectivity index (χ4n) is 1.82. The van der Waals surface area contributed by atoms with Crippen molar-refractivity contribution >= 4 is 23.7 Å². The molecule has 0 radical (unpaired) electrons. The van der Waals surface area contributed by atoms with Gasteiger partial charge in [0.15, 0.2) is 5.16 Å². The van der Waals surface area contributed by atoms with Gasteiger partial charge in [-0.05, 0) is 44.2 Å². The van der Waals surface area contributed by atoms with Gasteiger partial charge in [-0.1, -0.05) is 11.8 Å². The van der Waals surface area contributed by atoms with E-state index < -0.39 is 11.9 Å². The largest absolute Gasteiger partial charge is 0.465 e. The Morgan fingerprint density at radius 3 is 2.26 bits per heavy atom. The van der Waals surface area contributed by atoms with Crippen molar-refractivity contribution < 1.29 is 19.1 Å². The number of ether oxygens (including phenoxy) is 2. The summed E-state index contributed by atoms with van der Waals surface area (Å²) < 4.78 is 9.80. The van der Waals surface area contributed by atoms with E-state index in [-0.39, 0.29) is 5.75 Å². The van der Waals surface area contributed by atoms with Gasteiger partial charge < -0.3 is 9.47 Å². The normalized spacial score (nSPS) is 10.2. The molecule has 7 heteroatoms. The third kappa shape index (κ3) is 5.07. The minimum absolute atomic E-state index is 0.0989. The highest BCUT2D eigenvalue weighted by Gasteiger charge is 2.10. The van der Waals surface area contributed by atoms with E-state index in [0.717, 1.165) is 11.4 Å². The van der Waals surface area contributed by atoms with E-state index >= 15 is 0 Å². The first-order valence-corrected chi connectivity index (χ1v) is 7.80. The number of nitrogens with zero attached hydrogens (tertiary/aromatic N) is 2. The van der Waals surface area contributed by atoms with Crippen LogP contribution >= 0.6 is 11.8 Å². The number of esters is 2. The van der Waals surface area contributed by atoms with Gasteiger partial charge in [0, 0.05) is 11.4 Å².